The second-order valence-corrected chi connectivity index (χ2v) is 3.85. The molecule has 0 spiro atoms. The predicted octanol–water partition coefficient (Wildman–Crippen LogP) is 2.62. The Kier molecular flexibility index (Phi) is 3.39. The van der Waals surface area contributed by atoms with Gasteiger partial charge in [-0.1, -0.05) is 0 Å². The van der Waals surface area contributed by atoms with Crippen molar-refractivity contribution in [2.45, 2.75) is 19.4 Å². The molecule has 0 aliphatic rings. The van der Waals surface area contributed by atoms with E-state index in [0.717, 1.165) is 0 Å². The molecule has 0 aliphatic heterocycles. The smallest absolute Gasteiger partial charge is 0.140 e. The van der Waals surface area contributed by atoms with E-state index in [-0.39, 0.29) is 10.5 Å². The van der Waals surface area contributed by atoms with E-state index >= 15 is 0 Å². The molecular formula is C9H10BrF2N. The first kappa shape index (κ1) is 10.6. The monoisotopic (exact) mass is 249 g/mol. The summed E-state index contributed by atoms with van der Waals surface area (Å²) in [7, 11) is 0. The van der Waals surface area contributed by atoms with E-state index in [1.165, 1.54) is 12.1 Å². The van der Waals surface area contributed by atoms with Crippen LogP contribution in [0.4, 0.5) is 8.78 Å². The lowest BCUT2D eigenvalue weighted by Crippen LogP contribution is -2.18. The number of hydrogen-bond donors (Lipinski definition) is 1. The third kappa shape index (κ3) is 2.74. The molecular weight excluding hydrogens is 240 g/mol. The van der Waals surface area contributed by atoms with E-state index in [2.05, 4.69) is 15.9 Å². The lowest BCUT2D eigenvalue weighted by molar-refractivity contribution is 0.566. The summed E-state index contributed by atoms with van der Waals surface area (Å²) in [5, 5.41) is 0. The summed E-state index contributed by atoms with van der Waals surface area (Å²) in [6, 6.07) is 2.48. The molecule has 13 heavy (non-hydrogen) atoms. The number of benzene rings is 1. The van der Waals surface area contributed by atoms with Gasteiger partial charge in [-0.25, -0.2) is 8.78 Å². The van der Waals surface area contributed by atoms with Crippen LogP contribution in [0.15, 0.2) is 16.6 Å². The Morgan fingerprint density at radius 3 is 2.23 bits per heavy atom. The summed E-state index contributed by atoms with van der Waals surface area (Å²) in [6.45, 7) is 1.79. The van der Waals surface area contributed by atoms with Crippen LogP contribution in [0.1, 0.15) is 12.5 Å². The minimum absolute atomic E-state index is 0.0972. The lowest BCUT2D eigenvalue weighted by Gasteiger charge is -2.06. The fourth-order valence-electron chi connectivity index (χ4n) is 1.10. The zero-order valence-corrected chi connectivity index (χ0v) is 8.74. The topological polar surface area (TPSA) is 26.0 Å². The van der Waals surface area contributed by atoms with E-state index in [9.17, 15) is 8.78 Å². The molecule has 2 N–H and O–H groups in total. The van der Waals surface area contributed by atoms with Crippen molar-refractivity contribution in [3.8, 4) is 0 Å². The van der Waals surface area contributed by atoms with E-state index in [0.29, 0.717) is 12.0 Å². The summed E-state index contributed by atoms with van der Waals surface area (Å²) in [6.07, 6.45) is 0.473. The summed E-state index contributed by atoms with van der Waals surface area (Å²) in [4.78, 5) is 0. The molecule has 0 aromatic heterocycles. The minimum Gasteiger partial charge on any atom is -0.328 e. The van der Waals surface area contributed by atoms with Crippen LogP contribution in [0.25, 0.3) is 0 Å². The molecule has 1 aromatic carbocycles. The second-order valence-electron chi connectivity index (χ2n) is 3.05. The van der Waals surface area contributed by atoms with Crippen molar-refractivity contribution in [1.29, 1.82) is 0 Å². The lowest BCUT2D eigenvalue weighted by atomic mass is 10.1. The zero-order valence-electron chi connectivity index (χ0n) is 7.15. The second kappa shape index (κ2) is 4.15. The average Bonchev–Trinajstić information content (AvgIpc) is 1.98. The highest BCUT2D eigenvalue weighted by atomic mass is 79.9. The Hall–Kier alpha value is -0.480. The van der Waals surface area contributed by atoms with Crippen molar-refractivity contribution < 1.29 is 8.78 Å². The molecule has 1 aromatic rings. The van der Waals surface area contributed by atoms with Gasteiger partial charge in [0.05, 0.1) is 4.47 Å². The van der Waals surface area contributed by atoms with Crippen molar-refractivity contribution >= 4 is 15.9 Å². The highest BCUT2D eigenvalue weighted by molar-refractivity contribution is 9.10. The van der Waals surface area contributed by atoms with Gasteiger partial charge in [-0.2, -0.15) is 0 Å². The van der Waals surface area contributed by atoms with Gasteiger partial charge in [0.25, 0.3) is 0 Å². The molecule has 72 valence electrons. The first-order valence-electron chi connectivity index (χ1n) is 3.89. The number of rotatable bonds is 2. The number of hydrogen-bond acceptors (Lipinski definition) is 1. The quantitative estimate of drug-likeness (QED) is 0.802. The van der Waals surface area contributed by atoms with E-state index < -0.39 is 11.6 Å². The summed E-state index contributed by atoms with van der Waals surface area (Å²) in [5.41, 5.74) is 6.08. The molecule has 1 atom stereocenters. The maximum atomic E-state index is 13.0. The van der Waals surface area contributed by atoms with Gasteiger partial charge in [-0.3, -0.25) is 0 Å². The van der Waals surface area contributed by atoms with Crippen LogP contribution in [-0.4, -0.2) is 6.04 Å². The molecule has 1 nitrogen and oxygen atoms in total. The Morgan fingerprint density at radius 1 is 1.38 bits per heavy atom. The minimum atomic E-state index is -0.587. The van der Waals surface area contributed by atoms with E-state index in [4.69, 9.17) is 5.73 Å². The van der Waals surface area contributed by atoms with Crippen molar-refractivity contribution in [2.75, 3.05) is 0 Å². The van der Waals surface area contributed by atoms with Crippen LogP contribution < -0.4 is 5.73 Å². The fraction of sp³-hybridized carbons (Fsp3) is 0.333. The zero-order chi connectivity index (χ0) is 10.0. The van der Waals surface area contributed by atoms with Crippen LogP contribution in [0, 0.1) is 11.6 Å². The van der Waals surface area contributed by atoms with Crippen LogP contribution >= 0.6 is 15.9 Å². The van der Waals surface area contributed by atoms with Crippen LogP contribution in [-0.2, 0) is 6.42 Å². The normalized spacial score (nSPS) is 13.0. The largest absolute Gasteiger partial charge is 0.328 e. The van der Waals surface area contributed by atoms with Gasteiger partial charge in [0.15, 0.2) is 0 Å². The van der Waals surface area contributed by atoms with Gasteiger partial charge in [0.2, 0.25) is 0 Å². The number of nitrogens with two attached hydrogens (primary N) is 1. The highest BCUT2D eigenvalue weighted by Gasteiger charge is 2.08. The molecule has 0 bridgehead atoms. The molecule has 0 aliphatic carbocycles. The van der Waals surface area contributed by atoms with Gasteiger partial charge in [0, 0.05) is 6.04 Å². The van der Waals surface area contributed by atoms with Gasteiger partial charge in [-0.15, -0.1) is 0 Å². The van der Waals surface area contributed by atoms with Crippen LogP contribution in [0.5, 0.6) is 0 Å². The van der Waals surface area contributed by atoms with Crippen molar-refractivity contribution in [1.82, 2.24) is 0 Å². The highest BCUT2D eigenvalue weighted by Crippen LogP contribution is 2.21. The maximum Gasteiger partial charge on any atom is 0.140 e. The molecule has 1 unspecified atom stereocenters. The molecule has 0 heterocycles. The van der Waals surface area contributed by atoms with Gasteiger partial charge in [-0.05, 0) is 47.0 Å². The molecule has 0 saturated carbocycles. The van der Waals surface area contributed by atoms with Gasteiger partial charge in [0.1, 0.15) is 11.6 Å². The fourth-order valence-corrected chi connectivity index (χ4v) is 1.33. The van der Waals surface area contributed by atoms with Gasteiger partial charge >= 0.3 is 0 Å². The Balaban J connectivity index is 2.99. The van der Waals surface area contributed by atoms with Crippen molar-refractivity contribution in [3.05, 3.63) is 33.8 Å². The van der Waals surface area contributed by atoms with E-state index in [1.807, 2.05) is 0 Å². The van der Waals surface area contributed by atoms with Crippen molar-refractivity contribution in [3.63, 3.8) is 0 Å². The first-order valence-corrected chi connectivity index (χ1v) is 4.69. The third-order valence-corrected chi connectivity index (χ3v) is 2.36. The molecule has 0 amide bonds. The van der Waals surface area contributed by atoms with Crippen molar-refractivity contribution in [2.24, 2.45) is 5.73 Å². The molecule has 0 radical (unpaired) electrons. The molecule has 0 fully saturated rings. The van der Waals surface area contributed by atoms with Crippen LogP contribution in [0.2, 0.25) is 0 Å². The Bertz CT molecular complexity index is 289. The summed E-state index contributed by atoms with van der Waals surface area (Å²) in [5.74, 6) is -1.17. The number of halogens is 3. The Labute approximate surface area is 84.1 Å². The van der Waals surface area contributed by atoms with Crippen LogP contribution in [0.3, 0.4) is 0 Å². The standard InChI is InChI=1S/C9H10BrF2N/c1-5(13)2-6-3-7(11)9(10)8(12)4-6/h3-5H,2,13H2,1H3. The molecule has 4 heteroatoms. The van der Waals surface area contributed by atoms with Gasteiger partial charge < -0.3 is 5.73 Å². The molecule has 0 saturated heterocycles. The predicted molar refractivity (Wildman–Crippen MR) is 51.4 cm³/mol. The summed E-state index contributed by atoms with van der Waals surface area (Å²) >= 11 is 2.80. The average molecular weight is 250 g/mol. The third-order valence-electron chi connectivity index (χ3n) is 1.60. The maximum absolute atomic E-state index is 13.0. The summed E-state index contributed by atoms with van der Waals surface area (Å²) < 4.78 is 25.8. The Morgan fingerprint density at radius 2 is 1.85 bits per heavy atom. The molecule has 1 rings (SSSR count). The SMILES string of the molecule is CC(N)Cc1cc(F)c(Br)c(F)c1. The first-order chi connectivity index (χ1) is 6.00. The van der Waals surface area contributed by atoms with E-state index in [1.54, 1.807) is 6.92 Å².